The van der Waals surface area contributed by atoms with E-state index in [0.717, 1.165) is 29.6 Å². The third-order valence-corrected chi connectivity index (χ3v) is 9.42. The van der Waals surface area contributed by atoms with E-state index in [4.69, 9.17) is 0 Å². The summed E-state index contributed by atoms with van der Waals surface area (Å²) in [6, 6.07) is 0. The molecule has 0 saturated heterocycles. The van der Waals surface area contributed by atoms with E-state index in [9.17, 15) is 4.79 Å². The Kier molecular flexibility index (Phi) is 3.75. The number of Topliss-reactive ketones (excluding diaryl/α,β-unsaturated/α-hetero) is 1. The first-order chi connectivity index (χ1) is 10.9. The van der Waals surface area contributed by atoms with Gasteiger partial charge in [0.15, 0.2) is 0 Å². The van der Waals surface area contributed by atoms with Crippen molar-refractivity contribution in [3.63, 3.8) is 0 Å². The highest BCUT2D eigenvalue weighted by Crippen LogP contribution is 2.67. The third kappa shape index (κ3) is 2.20. The van der Waals surface area contributed by atoms with E-state index in [1.807, 2.05) is 6.92 Å². The molecule has 4 aliphatic carbocycles. The van der Waals surface area contributed by atoms with Crippen LogP contribution in [0.25, 0.3) is 0 Å². The molecule has 23 heavy (non-hydrogen) atoms. The third-order valence-electron chi connectivity index (χ3n) is 9.42. The highest BCUT2D eigenvalue weighted by Gasteiger charge is 2.60. The van der Waals surface area contributed by atoms with Gasteiger partial charge in [0.1, 0.15) is 5.78 Å². The summed E-state index contributed by atoms with van der Waals surface area (Å²) in [4.78, 5) is 12.2. The Morgan fingerprint density at radius 2 is 1.57 bits per heavy atom. The molecule has 4 aliphatic rings. The topological polar surface area (TPSA) is 17.1 Å². The Morgan fingerprint density at radius 3 is 2.30 bits per heavy atom. The molecule has 0 aliphatic heterocycles. The SMILES string of the molecule is CC(=O)[C@H]1CCC2C3CC[C@H]4C[C@@H](C)CC[C@]4(C)C3CC[C@@]21C. The van der Waals surface area contributed by atoms with Gasteiger partial charge >= 0.3 is 0 Å². The van der Waals surface area contributed by atoms with Crippen LogP contribution < -0.4 is 0 Å². The molecular formula is C22H36O. The minimum atomic E-state index is 0.332. The van der Waals surface area contributed by atoms with E-state index in [1.165, 1.54) is 57.8 Å². The van der Waals surface area contributed by atoms with E-state index in [-0.39, 0.29) is 0 Å². The molecule has 1 nitrogen and oxygen atoms in total. The lowest BCUT2D eigenvalue weighted by molar-refractivity contribution is -0.135. The van der Waals surface area contributed by atoms with Crippen LogP contribution in [0, 0.1) is 46.3 Å². The largest absolute Gasteiger partial charge is 0.300 e. The maximum atomic E-state index is 12.2. The van der Waals surface area contributed by atoms with Crippen LogP contribution in [-0.2, 0) is 4.79 Å². The van der Waals surface area contributed by atoms with Crippen molar-refractivity contribution in [2.45, 2.75) is 85.5 Å². The Morgan fingerprint density at radius 1 is 0.870 bits per heavy atom. The predicted octanol–water partition coefficient (Wildman–Crippen LogP) is 5.87. The number of fused-ring (bicyclic) bond motifs is 5. The molecule has 130 valence electrons. The molecule has 4 saturated carbocycles. The number of rotatable bonds is 1. The lowest BCUT2D eigenvalue weighted by Gasteiger charge is -2.61. The molecule has 4 rings (SSSR count). The summed E-state index contributed by atoms with van der Waals surface area (Å²) in [6.07, 6.45) is 12.6. The highest BCUT2D eigenvalue weighted by molar-refractivity contribution is 5.79. The zero-order valence-electron chi connectivity index (χ0n) is 15.7. The van der Waals surface area contributed by atoms with Gasteiger partial charge in [0.05, 0.1) is 0 Å². The maximum Gasteiger partial charge on any atom is 0.133 e. The second kappa shape index (κ2) is 5.33. The van der Waals surface area contributed by atoms with E-state index in [2.05, 4.69) is 20.8 Å². The molecule has 3 unspecified atom stereocenters. The first-order valence-corrected chi connectivity index (χ1v) is 10.4. The van der Waals surface area contributed by atoms with Crippen molar-refractivity contribution in [2.24, 2.45) is 46.3 Å². The highest BCUT2D eigenvalue weighted by atomic mass is 16.1. The van der Waals surface area contributed by atoms with Gasteiger partial charge in [0, 0.05) is 5.92 Å². The molecule has 0 aromatic carbocycles. The molecule has 0 aromatic heterocycles. The fraction of sp³-hybridized carbons (Fsp3) is 0.955. The molecule has 0 spiro atoms. The zero-order valence-corrected chi connectivity index (χ0v) is 15.7. The number of carbonyl (C=O) groups excluding carboxylic acids is 1. The minimum absolute atomic E-state index is 0.332. The normalized spacial score (nSPS) is 55.7. The van der Waals surface area contributed by atoms with Crippen LogP contribution in [0.2, 0.25) is 0 Å². The van der Waals surface area contributed by atoms with Crippen LogP contribution in [0.1, 0.15) is 85.5 Å². The van der Waals surface area contributed by atoms with Gasteiger partial charge in [-0.2, -0.15) is 0 Å². The summed E-state index contributed by atoms with van der Waals surface area (Å²) in [5.41, 5.74) is 0.948. The summed E-state index contributed by atoms with van der Waals surface area (Å²) in [5, 5.41) is 0. The summed E-state index contributed by atoms with van der Waals surface area (Å²) < 4.78 is 0. The average Bonchev–Trinajstić information content (AvgIpc) is 2.85. The van der Waals surface area contributed by atoms with Gasteiger partial charge in [-0.25, -0.2) is 0 Å². The van der Waals surface area contributed by atoms with E-state index >= 15 is 0 Å². The molecule has 4 fully saturated rings. The van der Waals surface area contributed by atoms with Crippen molar-refractivity contribution in [2.75, 3.05) is 0 Å². The Balaban J connectivity index is 1.61. The zero-order chi connectivity index (χ0) is 16.4. The predicted molar refractivity (Wildman–Crippen MR) is 95.1 cm³/mol. The van der Waals surface area contributed by atoms with Gasteiger partial charge in [-0.15, -0.1) is 0 Å². The van der Waals surface area contributed by atoms with Crippen molar-refractivity contribution >= 4 is 5.78 Å². The Bertz CT molecular complexity index is 496. The molecule has 8 atom stereocenters. The molecule has 0 N–H and O–H groups in total. The summed E-state index contributed by atoms with van der Waals surface area (Å²) >= 11 is 0. The fourth-order valence-electron chi connectivity index (χ4n) is 8.14. The maximum absolute atomic E-state index is 12.2. The van der Waals surface area contributed by atoms with Gasteiger partial charge in [-0.3, -0.25) is 4.79 Å². The monoisotopic (exact) mass is 316 g/mol. The number of carbonyl (C=O) groups is 1. The van der Waals surface area contributed by atoms with Crippen LogP contribution >= 0.6 is 0 Å². The standard InChI is InChI=1S/C22H36O/c1-14-9-11-21(3)16(13-14)5-6-17-19-8-7-18(15(2)23)22(19,4)12-10-20(17)21/h14,16-20H,5-13H2,1-4H3/t14-,16-,17?,18+,19?,20?,21-,22+/m0/s1. The van der Waals surface area contributed by atoms with Crippen LogP contribution in [-0.4, -0.2) is 5.78 Å². The first-order valence-electron chi connectivity index (χ1n) is 10.4. The molecule has 0 aromatic rings. The lowest BCUT2D eigenvalue weighted by atomic mass is 9.44. The Hall–Kier alpha value is -0.330. The number of ketones is 1. The number of hydrogen-bond donors (Lipinski definition) is 0. The van der Waals surface area contributed by atoms with Gasteiger partial charge in [0.2, 0.25) is 0 Å². The second-order valence-corrected chi connectivity index (χ2v) is 10.3. The number of hydrogen-bond acceptors (Lipinski definition) is 1. The summed E-state index contributed by atoms with van der Waals surface area (Å²) in [7, 11) is 0. The quantitative estimate of drug-likeness (QED) is 0.591. The van der Waals surface area contributed by atoms with E-state index in [1.54, 1.807) is 0 Å². The minimum Gasteiger partial charge on any atom is -0.300 e. The summed E-state index contributed by atoms with van der Waals surface area (Å²) in [5.74, 6) is 5.50. The molecule has 1 heteroatoms. The van der Waals surface area contributed by atoms with Crippen molar-refractivity contribution in [1.29, 1.82) is 0 Å². The molecule has 0 amide bonds. The van der Waals surface area contributed by atoms with E-state index in [0.29, 0.717) is 22.5 Å². The van der Waals surface area contributed by atoms with Crippen LogP contribution in [0.15, 0.2) is 0 Å². The van der Waals surface area contributed by atoms with Gasteiger partial charge in [-0.05, 0) is 98.7 Å². The van der Waals surface area contributed by atoms with Crippen molar-refractivity contribution in [3.8, 4) is 0 Å². The van der Waals surface area contributed by atoms with Crippen molar-refractivity contribution < 1.29 is 4.79 Å². The molecule has 0 heterocycles. The van der Waals surface area contributed by atoms with Crippen LogP contribution in [0.5, 0.6) is 0 Å². The molecule has 0 radical (unpaired) electrons. The lowest BCUT2D eigenvalue weighted by Crippen LogP contribution is -2.53. The molecular weight excluding hydrogens is 280 g/mol. The second-order valence-electron chi connectivity index (χ2n) is 10.3. The Labute approximate surface area is 143 Å². The van der Waals surface area contributed by atoms with Crippen molar-refractivity contribution in [1.82, 2.24) is 0 Å². The summed E-state index contributed by atoms with van der Waals surface area (Å²) in [6.45, 7) is 9.45. The molecule has 0 bridgehead atoms. The smallest absolute Gasteiger partial charge is 0.133 e. The fourth-order valence-corrected chi connectivity index (χ4v) is 8.14. The van der Waals surface area contributed by atoms with Crippen LogP contribution in [0.4, 0.5) is 0 Å². The van der Waals surface area contributed by atoms with Gasteiger partial charge in [0.25, 0.3) is 0 Å². The van der Waals surface area contributed by atoms with E-state index < -0.39 is 0 Å². The van der Waals surface area contributed by atoms with Crippen LogP contribution in [0.3, 0.4) is 0 Å². The van der Waals surface area contributed by atoms with Crippen molar-refractivity contribution in [3.05, 3.63) is 0 Å². The van der Waals surface area contributed by atoms with Gasteiger partial charge in [-0.1, -0.05) is 27.2 Å². The first kappa shape index (κ1) is 16.2. The van der Waals surface area contributed by atoms with Gasteiger partial charge < -0.3 is 0 Å². The average molecular weight is 317 g/mol.